The fourth-order valence-electron chi connectivity index (χ4n) is 3.93. The van der Waals surface area contributed by atoms with E-state index >= 15 is 0 Å². The molecule has 1 unspecified atom stereocenters. The third-order valence-corrected chi connectivity index (χ3v) is 6.94. The van der Waals surface area contributed by atoms with Gasteiger partial charge in [-0.05, 0) is 36.9 Å². The maximum Gasteiger partial charge on any atom is 0.433 e. The lowest BCUT2D eigenvalue weighted by Crippen LogP contribution is -2.50. The first-order chi connectivity index (χ1) is 11.1. The van der Waals surface area contributed by atoms with Crippen LogP contribution in [0.25, 0.3) is 0 Å². The van der Waals surface area contributed by atoms with Crippen molar-refractivity contribution in [3.63, 3.8) is 0 Å². The average Bonchev–Trinajstić information content (AvgIpc) is 2.79. The largest absolute Gasteiger partial charge is 0.433 e. The fourth-order valence-corrected chi connectivity index (χ4v) is 6.18. The zero-order valence-electron chi connectivity index (χ0n) is 13.5. The average molecular weight is 362 g/mol. The van der Waals surface area contributed by atoms with Crippen molar-refractivity contribution >= 4 is 9.84 Å². The maximum absolute atomic E-state index is 12.5. The maximum atomic E-state index is 12.5. The van der Waals surface area contributed by atoms with Gasteiger partial charge in [0.15, 0.2) is 9.84 Å². The van der Waals surface area contributed by atoms with E-state index in [0.29, 0.717) is 17.9 Å². The summed E-state index contributed by atoms with van der Waals surface area (Å²) in [5.41, 5.74) is -0.128. The Hall–Kier alpha value is -1.15. The van der Waals surface area contributed by atoms with Crippen molar-refractivity contribution in [1.29, 1.82) is 0 Å². The third kappa shape index (κ3) is 3.91. The molecule has 0 N–H and O–H groups in total. The second-order valence-corrected chi connectivity index (χ2v) is 9.44. The summed E-state index contributed by atoms with van der Waals surface area (Å²) in [5, 5.41) is 0. The van der Waals surface area contributed by atoms with Crippen molar-refractivity contribution in [2.75, 3.05) is 31.1 Å². The summed E-state index contributed by atoms with van der Waals surface area (Å²) < 4.78 is 60.3. The highest BCUT2D eigenvalue weighted by Crippen LogP contribution is 2.41. The number of halogens is 3. The molecule has 0 amide bonds. The Labute approximate surface area is 140 Å². The highest BCUT2D eigenvalue weighted by molar-refractivity contribution is 7.92. The van der Waals surface area contributed by atoms with Gasteiger partial charge in [-0.3, -0.25) is 4.98 Å². The number of aromatic nitrogens is 1. The quantitative estimate of drug-likeness (QED) is 0.825. The number of sulfone groups is 1. The molecule has 2 fully saturated rings. The highest BCUT2D eigenvalue weighted by Gasteiger charge is 2.51. The lowest BCUT2D eigenvalue weighted by Gasteiger charge is -2.37. The molecule has 0 saturated carbocycles. The molecule has 0 aliphatic carbocycles. The Bertz CT molecular complexity index is 689. The topological polar surface area (TPSA) is 50.3 Å². The van der Waals surface area contributed by atoms with Crippen LogP contribution in [-0.4, -0.2) is 49.4 Å². The van der Waals surface area contributed by atoms with E-state index in [1.54, 1.807) is 0 Å². The van der Waals surface area contributed by atoms with Crippen LogP contribution in [0.5, 0.6) is 0 Å². The molecule has 2 aliphatic heterocycles. The van der Waals surface area contributed by atoms with Gasteiger partial charge in [-0.25, -0.2) is 8.42 Å². The molecule has 3 rings (SSSR count). The monoisotopic (exact) mass is 362 g/mol. The van der Waals surface area contributed by atoms with Crippen molar-refractivity contribution in [3.05, 3.63) is 29.6 Å². The van der Waals surface area contributed by atoms with Gasteiger partial charge in [-0.15, -0.1) is 0 Å². The first kappa shape index (κ1) is 17.7. The zero-order valence-corrected chi connectivity index (χ0v) is 14.3. The number of likely N-dealkylation sites (tertiary alicyclic amines) is 1. The van der Waals surface area contributed by atoms with Crippen molar-refractivity contribution in [1.82, 2.24) is 9.88 Å². The first-order valence-corrected chi connectivity index (χ1v) is 9.84. The normalized spacial score (nSPS) is 24.0. The molecule has 1 aromatic heterocycles. The molecular formula is C16H21F3N2O2S. The molecule has 134 valence electrons. The zero-order chi connectivity index (χ0) is 17.6. The standard InChI is InChI=1S/C16H21F3N2O2S/c1-12(6-13-2-3-14(20-7-13)16(17,18)19)8-21-5-4-15(9-21)10-24(22,23)11-15/h2-3,7,12H,4-6,8-11H2,1H3. The molecule has 0 bridgehead atoms. The summed E-state index contributed by atoms with van der Waals surface area (Å²) in [6, 6.07) is 2.50. The van der Waals surface area contributed by atoms with Crippen molar-refractivity contribution < 1.29 is 21.6 Å². The number of pyridine rings is 1. The van der Waals surface area contributed by atoms with Crippen LogP contribution in [0.3, 0.4) is 0 Å². The van der Waals surface area contributed by atoms with E-state index in [2.05, 4.69) is 16.8 Å². The third-order valence-electron chi connectivity index (χ3n) is 4.84. The van der Waals surface area contributed by atoms with Gasteiger partial charge in [0.1, 0.15) is 5.69 Å². The van der Waals surface area contributed by atoms with Gasteiger partial charge in [0.2, 0.25) is 0 Å². The van der Waals surface area contributed by atoms with Crippen LogP contribution in [0.15, 0.2) is 18.3 Å². The Morgan fingerprint density at radius 1 is 1.33 bits per heavy atom. The van der Waals surface area contributed by atoms with E-state index in [4.69, 9.17) is 0 Å². The fraction of sp³-hybridized carbons (Fsp3) is 0.688. The van der Waals surface area contributed by atoms with Gasteiger partial charge in [-0.2, -0.15) is 13.2 Å². The molecule has 1 atom stereocenters. The van der Waals surface area contributed by atoms with Crippen LogP contribution in [0.2, 0.25) is 0 Å². The van der Waals surface area contributed by atoms with Gasteiger partial charge in [0, 0.05) is 24.7 Å². The SMILES string of the molecule is CC(Cc1ccc(C(F)(F)F)nc1)CN1CCC2(C1)CS(=O)(=O)C2. The smallest absolute Gasteiger partial charge is 0.302 e. The molecule has 1 aromatic rings. The Balaban J connectivity index is 1.50. The minimum absolute atomic E-state index is 0.0472. The molecule has 4 nitrogen and oxygen atoms in total. The van der Waals surface area contributed by atoms with Crippen LogP contribution in [-0.2, 0) is 22.4 Å². The lowest BCUT2D eigenvalue weighted by atomic mass is 9.91. The van der Waals surface area contributed by atoms with E-state index in [1.165, 1.54) is 12.3 Å². The summed E-state index contributed by atoms with van der Waals surface area (Å²) >= 11 is 0. The summed E-state index contributed by atoms with van der Waals surface area (Å²) in [7, 11) is -2.82. The number of rotatable bonds is 4. The van der Waals surface area contributed by atoms with E-state index in [-0.39, 0.29) is 11.3 Å². The first-order valence-electron chi connectivity index (χ1n) is 8.02. The van der Waals surface area contributed by atoms with Crippen LogP contribution < -0.4 is 0 Å². The predicted octanol–water partition coefficient (Wildman–Crippen LogP) is 2.40. The highest BCUT2D eigenvalue weighted by atomic mass is 32.2. The van der Waals surface area contributed by atoms with Crippen molar-refractivity contribution in [2.45, 2.75) is 25.9 Å². The number of alkyl halides is 3. The number of hydrogen-bond donors (Lipinski definition) is 0. The van der Waals surface area contributed by atoms with Crippen LogP contribution >= 0.6 is 0 Å². The number of nitrogens with zero attached hydrogens (tertiary/aromatic N) is 2. The van der Waals surface area contributed by atoms with Crippen LogP contribution in [0.4, 0.5) is 13.2 Å². The molecule has 3 heterocycles. The Kier molecular flexibility index (Phi) is 4.40. The van der Waals surface area contributed by atoms with Crippen LogP contribution in [0, 0.1) is 11.3 Å². The molecule has 2 saturated heterocycles. The molecule has 0 radical (unpaired) electrons. The minimum Gasteiger partial charge on any atom is -0.302 e. The van der Waals surface area contributed by atoms with E-state index < -0.39 is 21.7 Å². The predicted molar refractivity (Wildman–Crippen MR) is 84.3 cm³/mol. The summed E-state index contributed by atoms with van der Waals surface area (Å²) in [6.45, 7) is 4.58. The lowest BCUT2D eigenvalue weighted by molar-refractivity contribution is -0.141. The van der Waals surface area contributed by atoms with Gasteiger partial charge in [0.05, 0.1) is 11.5 Å². The molecule has 2 aliphatic rings. The van der Waals surface area contributed by atoms with Crippen molar-refractivity contribution in [3.8, 4) is 0 Å². The second kappa shape index (κ2) is 5.98. The molecule has 24 heavy (non-hydrogen) atoms. The summed E-state index contributed by atoms with van der Waals surface area (Å²) in [4.78, 5) is 5.77. The van der Waals surface area contributed by atoms with E-state index in [0.717, 1.165) is 37.7 Å². The van der Waals surface area contributed by atoms with Gasteiger partial charge < -0.3 is 4.90 Å². The molecular weight excluding hydrogens is 341 g/mol. The number of hydrogen-bond acceptors (Lipinski definition) is 4. The second-order valence-electron chi connectivity index (χ2n) is 7.38. The van der Waals surface area contributed by atoms with Crippen LogP contribution in [0.1, 0.15) is 24.6 Å². The van der Waals surface area contributed by atoms with Gasteiger partial charge in [-0.1, -0.05) is 13.0 Å². The molecule has 8 heteroatoms. The Morgan fingerprint density at radius 2 is 2.04 bits per heavy atom. The Morgan fingerprint density at radius 3 is 2.58 bits per heavy atom. The van der Waals surface area contributed by atoms with E-state index in [9.17, 15) is 21.6 Å². The minimum atomic E-state index is -4.41. The van der Waals surface area contributed by atoms with Crippen molar-refractivity contribution in [2.24, 2.45) is 11.3 Å². The van der Waals surface area contributed by atoms with Gasteiger partial charge in [0.25, 0.3) is 0 Å². The van der Waals surface area contributed by atoms with E-state index in [1.807, 2.05) is 0 Å². The van der Waals surface area contributed by atoms with Gasteiger partial charge >= 0.3 is 6.18 Å². The molecule has 1 spiro atoms. The summed E-state index contributed by atoms with van der Waals surface area (Å²) in [6.07, 6.45) is -1.53. The molecule has 0 aromatic carbocycles. The summed E-state index contributed by atoms with van der Waals surface area (Å²) in [5.74, 6) is 0.872.